The molecule has 3 saturated heterocycles. The Bertz CT molecular complexity index is 1770. The molecule has 352 valence electrons. The molecule has 3 aliphatic heterocycles. The zero-order valence-electron chi connectivity index (χ0n) is 31.1. The fourth-order valence-corrected chi connectivity index (χ4v) is 7.31. The normalized spacial score (nSPS) is 36.8. The van der Waals surface area contributed by atoms with E-state index < -0.39 is 174 Å². The lowest BCUT2D eigenvalue weighted by atomic mass is 9.94. The topological polar surface area (TPSA) is 494 Å². The number of aldehydes is 1. The van der Waals surface area contributed by atoms with Crippen LogP contribution in [-0.4, -0.2) is 237 Å². The van der Waals surface area contributed by atoms with Crippen molar-refractivity contribution in [3.63, 3.8) is 0 Å². The van der Waals surface area contributed by atoms with Crippen LogP contribution in [0.5, 0.6) is 0 Å². The van der Waals surface area contributed by atoms with Gasteiger partial charge < -0.3 is 94.9 Å². The van der Waals surface area contributed by atoms with Crippen LogP contribution in [0.4, 0.5) is 0 Å². The van der Waals surface area contributed by atoms with Gasteiger partial charge in [-0.15, -0.1) is 0 Å². The molecule has 0 bridgehead atoms. The van der Waals surface area contributed by atoms with E-state index in [1.165, 1.54) is 0 Å². The van der Waals surface area contributed by atoms with Gasteiger partial charge in [-0.3, -0.25) is 18.7 Å². The maximum absolute atomic E-state index is 12.6. The Kier molecular flexibility index (Phi) is 18.3. The summed E-state index contributed by atoms with van der Waals surface area (Å²) in [4.78, 5) is 60.7. The summed E-state index contributed by atoms with van der Waals surface area (Å²) in [5.74, 6) is -6.17. The van der Waals surface area contributed by atoms with Crippen LogP contribution in [0.3, 0.4) is 0 Å². The van der Waals surface area contributed by atoms with Crippen LogP contribution in [0.25, 0.3) is 0 Å². The Hall–Kier alpha value is -3.27. The van der Waals surface area contributed by atoms with Gasteiger partial charge in [0.25, 0.3) is 0 Å². The lowest BCUT2D eigenvalue weighted by Gasteiger charge is -2.49. The molecule has 0 aliphatic carbocycles. The highest BCUT2D eigenvalue weighted by atomic mass is 32.3. The molecule has 0 aromatic rings. The molecule has 0 spiro atoms. The molecule has 0 saturated carbocycles. The summed E-state index contributed by atoms with van der Waals surface area (Å²) >= 11 is 0. The van der Waals surface area contributed by atoms with E-state index >= 15 is 0 Å². The van der Waals surface area contributed by atoms with E-state index in [0.29, 0.717) is 0 Å². The Morgan fingerprint density at radius 2 is 1.26 bits per heavy atom. The maximum Gasteiger partial charge on any atom is 0.397 e. The van der Waals surface area contributed by atoms with E-state index in [1.54, 1.807) is 0 Å². The Labute approximate surface area is 342 Å². The van der Waals surface area contributed by atoms with Gasteiger partial charge in [0.05, 0.1) is 13.2 Å². The molecule has 3 fully saturated rings. The van der Waals surface area contributed by atoms with Gasteiger partial charge in [-0.25, -0.2) is 18.0 Å². The molecule has 61 heavy (non-hydrogen) atoms. The zero-order chi connectivity index (χ0) is 46.5. The molecule has 0 aromatic heterocycles. The average molecular weight is 937 g/mol. The number of aliphatic hydroxyl groups is 8. The van der Waals surface area contributed by atoms with E-state index in [4.69, 9.17) is 28.4 Å². The van der Waals surface area contributed by atoms with E-state index in [-0.39, 0.29) is 6.29 Å². The first-order valence-electron chi connectivity index (χ1n) is 17.2. The van der Waals surface area contributed by atoms with Crippen LogP contribution in [-0.2, 0) is 81.6 Å². The Morgan fingerprint density at radius 3 is 1.74 bits per heavy atom. The smallest absolute Gasteiger partial charge is 0.397 e. The number of hydrogen-bond acceptors (Lipinski definition) is 25. The SMILES string of the molecule is CC(=O)N[C@H]1[C@H](O[C@H]2[C@H](O)[C@@H](O)[C@H](O[C@@H]([C@@H](OS(=O)(=O)O)[C@H](O)CO)[C@H](C=O)NC(C)=O)O[C@@H]2C(=O)O)O[C@H](CO)[C@H](OS(=O)(=O)O)[C@@H]1O[C@@H]1O[C@H](C(=O)O)[C@@H](O)[C@H](O)[C@H]1O. The third-order valence-electron chi connectivity index (χ3n) is 8.90. The second-order valence-electron chi connectivity index (χ2n) is 13.3. The van der Waals surface area contributed by atoms with Crippen LogP contribution >= 0.6 is 0 Å². The minimum Gasteiger partial charge on any atom is -0.479 e. The van der Waals surface area contributed by atoms with E-state index in [1.807, 2.05) is 5.32 Å². The first kappa shape index (κ1) is 52.1. The van der Waals surface area contributed by atoms with E-state index in [0.717, 1.165) is 13.8 Å². The summed E-state index contributed by atoms with van der Waals surface area (Å²) in [5, 5.41) is 107. The molecule has 3 heterocycles. The molecule has 2 amide bonds. The largest absolute Gasteiger partial charge is 0.479 e. The first-order valence-corrected chi connectivity index (χ1v) is 19.9. The van der Waals surface area contributed by atoms with Crippen LogP contribution < -0.4 is 10.6 Å². The van der Waals surface area contributed by atoms with Crippen molar-refractivity contribution in [3.05, 3.63) is 0 Å². The highest BCUT2D eigenvalue weighted by Crippen LogP contribution is 2.35. The number of amides is 2. The number of ether oxygens (including phenoxy) is 6. The molecule has 0 radical (unpaired) electrons. The fourth-order valence-electron chi connectivity index (χ4n) is 6.28. The summed E-state index contributed by atoms with van der Waals surface area (Å²) in [6.07, 6.45) is -41.5. The van der Waals surface area contributed by atoms with Gasteiger partial charge in [0.1, 0.15) is 91.6 Å². The van der Waals surface area contributed by atoms with Crippen molar-refractivity contribution in [2.24, 2.45) is 0 Å². The third-order valence-corrected chi connectivity index (χ3v) is 9.83. The number of carboxylic acids is 2. The van der Waals surface area contributed by atoms with Crippen molar-refractivity contribution < 1.29 is 138 Å². The quantitative estimate of drug-likeness (QED) is 0.0398. The average Bonchev–Trinajstić information content (AvgIpc) is 3.14. The van der Waals surface area contributed by atoms with Crippen molar-refractivity contribution >= 4 is 50.8 Å². The lowest BCUT2D eigenvalue weighted by Crippen LogP contribution is -2.70. The second-order valence-corrected chi connectivity index (χ2v) is 15.4. The summed E-state index contributed by atoms with van der Waals surface area (Å²) in [6.45, 7) is -1.10. The van der Waals surface area contributed by atoms with Crippen LogP contribution in [0.2, 0.25) is 0 Å². The van der Waals surface area contributed by atoms with Crippen LogP contribution in [0.1, 0.15) is 13.8 Å². The lowest BCUT2D eigenvalue weighted by molar-refractivity contribution is -0.362. The fraction of sp³-hybridized carbons (Fsp3) is 0.821. The van der Waals surface area contributed by atoms with Crippen molar-refractivity contribution in [3.8, 4) is 0 Å². The van der Waals surface area contributed by atoms with Crippen LogP contribution in [0.15, 0.2) is 0 Å². The molecule has 0 unspecified atom stereocenters. The number of rotatable bonds is 20. The van der Waals surface area contributed by atoms with Crippen molar-refractivity contribution in [1.82, 2.24) is 10.6 Å². The molecule has 0 aromatic carbocycles. The number of carbonyl (C=O) groups excluding carboxylic acids is 3. The van der Waals surface area contributed by atoms with E-state index in [2.05, 4.69) is 13.7 Å². The highest BCUT2D eigenvalue weighted by Gasteiger charge is 2.58. The monoisotopic (exact) mass is 936 g/mol. The van der Waals surface area contributed by atoms with E-state index in [9.17, 15) is 101 Å². The number of aliphatic carboxylic acids is 2. The summed E-state index contributed by atoms with van der Waals surface area (Å²) in [5.41, 5.74) is 0. The maximum atomic E-state index is 12.6. The number of carboxylic acid groups (broad SMARTS) is 2. The summed E-state index contributed by atoms with van der Waals surface area (Å²) < 4.78 is 107. The summed E-state index contributed by atoms with van der Waals surface area (Å²) in [6, 6.07) is -4.30. The van der Waals surface area contributed by atoms with Gasteiger partial charge in [-0.05, 0) is 0 Å². The number of carbonyl (C=O) groups is 5. The highest BCUT2D eigenvalue weighted by molar-refractivity contribution is 7.81. The Morgan fingerprint density at radius 1 is 0.705 bits per heavy atom. The number of aliphatic hydroxyl groups excluding tert-OH is 8. The predicted molar refractivity (Wildman–Crippen MR) is 180 cm³/mol. The predicted octanol–water partition coefficient (Wildman–Crippen LogP) is -9.78. The molecular weight excluding hydrogens is 892 g/mol. The molecule has 33 heteroatoms. The van der Waals surface area contributed by atoms with Crippen molar-refractivity contribution in [2.45, 2.75) is 130 Å². The first-order chi connectivity index (χ1) is 28.2. The molecule has 31 nitrogen and oxygen atoms in total. The molecule has 3 rings (SSSR count). The second kappa shape index (κ2) is 21.4. The Balaban J connectivity index is 2.10. The molecular formula is C28H44N2O29S2. The zero-order valence-corrected chi connectivity index (χ0v) is 32.7. The standard InChI is InChI=1S/C28H44N2O29S2/c1-6(34)29-8(3-31)17(18(9(36)4-32)58-60(46,47)48)53-28-16(41)14(39)21(23(57-28)25(44)45)55-26-11(30-7(2)35)20(19(10(5-33)52-26)59-61(49,50)51)54-27-15(40)12(37)13(38)22(56-27)24(42)43/h3,8-23,26-28,32-33,36-41H,4-5H2,1-2H3,(H,29,34)(H,30,35)(H,42,43)(H,44,45)(H,46,47,48)(H,49,50,51)/t8-,9+,10+,11+,12-,13-,14+,15+,16+,17+,18-,19-,20+,21-,22-,23-,26-,27+,28+/m0/s1. The molecule has 19 atom stereocenters. The van der Waals surface area contributed by atoms with Gasteiger partial charge >= 0.3 is 32.7 Å². The van der Waals surface area contributed by atoms with Crippen molar-refractivity contribution in [2.75, 3.05) is 13.2 Å². The van der Waals surface area contributed by atoms with Gasteiger partial charge in [0, 0.05) is 13.8 Å². The van der Waals surface area contributed by atoms with Gasteiger partial charge in [-0.2, -0.15) is 16.8 Å². The third kappa shape index (κ3) is 13.4. The number of hydrogen-bond donors (Lipinski definition) is 14. The van der Waals surface area contributed by atoms with Crippen LogP contribution in [0, 0.1) is 0 Å². The van der Waals surface area contributed by atoms with Gasteiger partial charge in [0.15, 0.2) is 31.1 Å². The van der Waals surface area contributed by atoms with Gasteiger partial charge in [0.2, 0.25) is 11.8 Å². The van der Waals surface area contributed by atoms with Gasteiger partial charge in [-0.1, -0.05) is 0 Å². The minimum atomic E-state index is -5.62. The molecule has 3 aliphatic rings. The molecule has 14 N–H and O–H groups in total. The van der Waals surface area contributed by atoms with Crippen molar-refractivity contribution in [1.29, 1.82) is 0 Å². The number of nitrogens with one attached hydrogen (secondary N) is 2. The summed E-state index contributed by atoms with van der Waals surface area (Å²) in [7, 11) is -11.2. The minimum absolute atomic E-state index is 0.150.